The van der Waals surface area contributed by atoms with Crippen molar-refractivity contribution in [2.75, 3.05) is 0 Å². The van der Waals surface area contributed by atoms with Gasteiger partial charge in [-0.1, -0.05) is 33.6 Å². The van der Waals surface area contributed by atoms with Crippen molar-refractivity contribution >= 4 is 5.91 Å². The minimum atomic E-state index is -0.411. The Hall–Kier alpha value is -1.29. The monoisotopic (exact) mass is 292 g/mol. The van der Waals surface area contributed by atoms with Gasteiger partial charge in [0.25, 0.3) is 0 Å². The molecule has 21 heavy (non-hydrogen) atoms. The van der Waals surface area contributed by atoms with Crippen LogP contribution in [0, 0.1) is 12.3 Å². The first-order chi connectivity index (χ1) is 9.82. The van der Waals surface area contributed by atoms with Crippen molar-refractivity contribution in [1.29, 1.82) is 0 Å². The van der Waals surface area contributed by atoms with Gasteiger partial charge in [0, 0.05) is 12.0 Å². The number of carbonyl (C=O) groups excluding carboxylic acids is 1. The van der Waals surface area contributed by atoms with E-state index in [1.54, 1.807) is 0 Å². The van der Waals surface area contributed by atoms with Crippen molar-refractivity contribution in [1.82, 2.24) is 5.32 Å². The number of aryl methyl sites for hydroxylation is 1. The topological polar surface area (TPSA) is 68.3 Å². The van der Waals surface area contributed by atoms with Crippen molar-refractivity contribution in [3.8, 4) is 0 Å². The number of furan rings is 1. The predicted molar refractivity (Wildman–Crippen MR) is 83.9 cm³/mol. The number of hydrogen-bond donors (Lipinski definition) is 2. The summed E-state index contributed by atoms with van der Waals surface area (Å²) in [6, 6.07) is 1.65. The van der Waals surface area contributed by atoms with Crippen LogP contribution < -0.4 is 11.1 Å². The molecule has 118 valence electrons. The van der Waals surface area contributed by atoms with Gasteiger partial charge in [0.05, 0.1) is 12.1 Å². The Bertz CT molecular complexity index is 505. The molecule has 1 aromatic heterocycles. The summed E-state index contributed by atoms with van der Waals surface area (Å²) in [6.07, 6.45) is 4.63. The lowest BCUT2D eigenvalue weighted by molar-refractivity contribution is -0.123. The lowest BCUT2D eigenvalue weighted by Crippen LogP contribution is -2.44. The van der Waals surface area contributed by atoms with Crippen LogP contribution in [-0.4, -0.2) is 11.9 Å². The molecule has 1 aromatic rings. The van der Waals surface area contributed by atoms with Gasteiger partial charge >= 0.3 is 0 Å². The van der Waals surface area contributed by atoms with Crippen LogP contribution in [0.2, 0.25) is 0 Å². The average molecular weight is 292 g/mol. The van der Waals surface area contributed by atoms with Gasteiger partial charge in [-0.3, -0.25) is 4.79 Å². The molecule has 0 aromatic carbocycles. The van der Waals surface area contributed by atoms with E-state index in [2.05, 4.69) is 26.1 Å². The van der Waals surface area contributed by atoms with Crippen LogP contribution in [0.4, 0.5) is 0 Å². The maximum Gasteiger partial charge on any atom is 0.237 e. The van der Waals surface area contributed by atoms with Crippen LogP contribution in [0.3, 0.4) is 0 Å². The molecule has 0 aliphatic heterocycles. The number of hydrogen-bond acceptors (Lipinski definition) is 3. The van der Waals surface area contributed by atoms with Gasteiger partial charge in [0.1, 0.15) is 11.5 Å². The van der Waals surface area contributed by atoms with Gasteiger partial charge in [-0.15, -0.1) is 0 Å². The Kier molecular flexibility index (Phi) is 4.77. The van der Waals surface area contributed by atoms with Crippen LogP contribution in [0.25, 0.3) is 0 Å². The SMILES string of the molecule is CCCCC(N)C(=O)NC1CC(C)(C)Cc2oc(C)cc21. The molecule has 0 radical (unpaired) electrons. The first-order valence-electron chi connectivity index (χ1n) is 7.97. The summed E-state index contributed by atoms with van der Waals surface area (Å²) in [4.78, 5) is 12.3. The molecule has 0 saturated heterocycles. The van der Waals surface area contributed by atoms with Crippen molar-refractivity contribution in [2.45, 2.75) is 71.9 Å². The Labute approximate surface area is 127 Å². The van der Waals surface area contributed by atoms with E-state index >= 15 is 0 Å². The maximum atomic E-state index is 12.3. The Morgan fingerprint density at radius 2 is 2.29 bits per heavy atom. The third-order valence-electron chi connectivity index (χ3n) is 4.26. The van der Waals surface area contributed by atoms with E-state index in [0.29, 0.717) is 0 Å². The number of fused-ring (bicyclic) bond motifs is 1. The number of nitrogens with two attached hydrogens (primary N) is 1. The van der Waals surface area contributed by atoms with Gasteiger partial charge < -0.3 is 15.5 Å². The highest BCUT2D eigenvalue weighted by molar-refractivity contribution is 5.81. The van der Waals surface area contributed by atoms with Gasteiger partial charge in [-0.25, -0.2) is 0 Å². The third-order valence-corrected chi connectivity index (χ3v) is 4.26. The molecular weight excluding hydrogens is 264 g/mol. The smallest absolute Gasteiger partial charge is 0.237 e. The minimum Gasteiger partial charge on any atom is -0.466 e. The van der Waals surface area contributed by atoms with Crippen molar-refractivity contribution in [3.63, 3.8) is 0 Å². The highest BCUT2D eigenvalue weighted by atomic mass is 16.3. The number of nitrogens with one attached hydrogen (secondary N) is 1. The Balaban J connectivity index is 2.10. The summed E-state index contributed by atoms with van der Waals surface area (Å²) in [5.41, 5.74) is 7.23. The molecule has 2 unspecified atom stereocenters. The molecule has 2 rings (SSSR count). The van der Waals surface area contributed by atoms with Crippen LogP contribution in [-0.2, 0) is 11.2 Å². The molecule has 2 atom stereocenters. The second-order valence-electron chi connectivity index (χ2n) is 7.09. The standard InChI is InChI=1S/C17H28N2O2/c1-5-6-7-13(18)16(20)19-14-9-17(3,4)10-15-12(14)8-11(2)21-15/h8,13-14H,5-7,9-10,18H2,1-4H3,(H,19,20). The van der Waals surface area contributed by atoms with Gasteiger partial charge in [-0.2, -0.15) is 0 Å². The van der Waals surface area contributed by atoms with E-state index in [9.17, 15) is 4.79 Å². The van der Waals surface area contributed by atoms with E-state index in [-0.39, 0.29) is 17.4 Å². The Morgan fingerprint density at radius 3 is 2.95 bits per heavy atom. The van der Waals surface area contributed by atoms with Gasteiger partial charge in [0.2, 0.25) is 5.91 Å². The molecule has 0 saturated carbocycles. The lowest BCUT2D eigenvalue weighted by Gasteiger charge is -2.35. The lowest BCUT2D eigenvalue weighted by atomic mass is 9.74. The molecule has 0 fully saturated rings. The van der Waals surface area contributed by atoms with E-state index in [1.807, 2.05) is 13.0 Å². The minimum absolute atomic E-state index is 0.0152. The molecule has 4 heteroatoms. The quantitative estimate of drug-likeness (QED) is 0.875. The zero-order chi connectivity index (χ0) is 15.6. The van der Waals surface area contributed by atoms with Gasteiger partial charge in [0.15, 0.2) is 0 Å². The second kappa shape index (κ2) is 6.22. The fourth-order valence-corrected chi connectivity index (χ4v) is 3.15. The first kappa shape index (κ1) is 16.1. The van der Waals surface area contributed by atoms with Crippen molar-refractivity contribution < 1.29 is 9.21 Å². The molecular formula is C17H28N2O2. The summed E-state index contributed by atoms with van der Waals surface area (Å²) < 4.78 is 5.80. The van der Waals surface area contributed by atoms with E-state index in [1.165, 1.54) is 0 Å². The summed E-state index contributed by atoms with van der Waals surface area (Å²) in [5, 5.41) is 3.13. The third kappa shape index (κ3) is 3.88. The van der Waals surface area contributed by atoms with Crippen LogP contribution in [0.5, 0.6) is 0 Å². The largest absolute Gasteiger partial charge is 0.466 e. The van der Waals surface area contributed by atoms with E-state index in [4.69, 9.17) is 10.2 Å². The second-order valence-corrected chi connectivity index (χ2v) is 7.09. The molecule has 0 bridgehead atoms. The van der Waals surface area contributed by atoms with Crippen LogP contribution in [0.15, 0.2) is 10.5 Å². The molecule has 1 amide bonds. The molecule has 1 heterocycles. The van der Waals surface area contributed by atoms with Crippen molar-refractivity contribution in [3.05, 3.63) is 23.2 Å². The summed E-state index contributed by atoms with van der Waals surface area (Å²) in [7, 11) is 0. The zero-order valence-corrected chi connectivity index (χ0v) is 13.7. The summed E-state index contributed by atoms with van der Waals surface area (Å²) in [6.45, 7) is 8.49. The fourth-order valence-electron chi connectivity index (χ4n) is 3.15. The summed E-state index contributed by atoms with van der Waals surface area (Å²) >= 11 is 0. The normalized spacial score (nSPS) is 21.7. The first-order valence-corrected chi connectivity index (χ1v) is 7.97. The maximum absolute atomic E-state index is 12.3. The zero-order valence-electron chi connectivity index (χ0n) is 13.7. The Morgan fingerprint density at radius 1 is 1.57 bits per heavy atom. The predicted octanol–water partition coefficient (Wildman–Crippen LogP) is 3.24. The molecule has 1 aliphatic rings. The summed E-state index contributed by atoms with van der Waals surface area (Å²) in [5.74, 6) is 1.87. The fraction of sp³-hybridized carbons (Fsp3) is 0.706. The molecule has 4 nitrogen and oxygen atoms in total. The number of carbonyl (C=O) groups is 1. The van der Waals surface area contributed by atoms with Crippen molar-refractivity contribution in [2.24, 2.45) is 11.1 Å². The molecule has 0 spiro atoms. The molecule has 3 N–H and O–H groups in total. The van der Waals surface area contributed by atoms with Gasteiger partial charge in [-0.05, 0) is 31.2 Å². The molecule has 1 aliphatic carbocycles. The van der Waals surface area contributed by atoms with E-state index in [0.717, 1.165) is 49.2 Å². The average Bonchev–Trinajstić information content (AvgIpc) is 2.74. The highest BCUT2D eigenvalue weighted by Gasteiger charge is 2.36. The highest BCUT2D eigenvalue weighted by Crippen LogP contribution is 2.42. The number of rotatable bonds is 5. The van der Waals surface area contributed by atoms with E-state index < -0.39 is 6.04 Å². The van der Waals surface area contributed by atoms with Crippen LogP contribution in [0.1, 0.15) is 69.6 Å². The number of amides is 1. The number of unbranched alkanes of at least 4 members (excludes halogenated alkanes) is 1. The van der Waals surface area contributed by atoms with Crippen LogP contribution >= 0.6 is 0 Å².